The van der Waals surface area contributed by atoms with Crippen LogP contribution in [0.15, 0.2) is 36.5 Å². The molecule has 0 fully saturated rings. The molecule has 1 heterocycles. The first-order valence-electron chi connectivity index (χ1n) is 6.23. The summed E-state index contributed by atoms with van der Waals surface area (Å²) >= 11 is 0. The van der Waals surface area contributed by atoms with E-state index in [1.807, 2.05) is 19.1 Å². The minimum Gasteiger partial charge on any atom is -0.382 e. The van der Waals surface area contributed by atoms with E-state index in [9.17, 15) is 10.1 Å². The van der Waals surface area contributed by atoms with Crippen molar-refractivity contribution in [2.45, 2.75) is 13.5 Å². The average molecular weight is 272 g/mol. The highest BCUT2D eigenvalue weighted by Crippen LogP contribution is 2.32. The molecule has 0 bridgehead atoms. The number of aromatic nitrogens is 1. The van der Waals surface area contributed by atoms with Crippen LogP contribution in [0.4, 0.5) is 17.1 Å². The molecule has 20 heavy (non-hydrogen) atoms. The lowest BCUT2D eigenvalue weighted by atomic mass is 10.2. The molecule has 0 spiro atoms. The molecule has 0 unspecified atom stereocenters. The van der Waals surface area contributed by atoms with Crippen molar-refractivity contribution in [3.05, 3.63) is 57.9 Å². The average Bonchev–Trinajstić information content (AvgIpc) is 2.45. The molecular weight excluding hydrogens is 256 g/mol. The Morgan fingerprint density at radius 3 is 2.65 bits per heavy atom. The molecular formula is C14H16N4O2. The number of nitro benzene ring substituents is 1. The molecule has 0 atom stereocenters. The quantitative estimate of drug-likeness (QED) is 0.646. The van der Waals surface area contributed by atoms with Crippen molar-refractivity contribution in [1.29, 1.82) is 0 Å². The van der Waals surface area contributed by atoms with Crippen molar-refractivity contribution in [2.75, 3.05) is 17.7 Å². The molecule has 104 valence electrons. The van der Waals surface area contributed by atoms with Crippen molar-refractivity contribution in [3.63, 3.8) is 0 Å². The van der Waals surface area contributed by atoms with Gasteiger partial charge in [-0.1, -0.05) is 12.1 Å². The molecule has 2 N–H and O–H groups in total. The number of nitrogens with one attached hydrogen (secondary N) is 2. The zero-order valence-corrected chi connectivity index (χ0v) is 11.4. The first kappa shape index (κ1) is 13.8. The Balaban J connectivity index is 2.26. The van der Waals surface area contributed by atoms with Gasteiger partial charge in [0.2, 0.25) is 0 Å². The fraction of sp³-hybridized carbons (Fsp3) is 0.214. The lowest BCUT2D eigenvalue weighted by Crippen LogP contribution is -2.07. The summed E-state index contributed by atoms with van der Waals surface area (Å²) < 4.78 is 0. The van der Waals surface area contributed by atoms with Crippen LogP contribution in [0.2, 0.25) is 0 Å². The van der Waals surface area contributed by atoms with E-state index in [0.717, 1.165) is 11.3 Å². The summed E-state index contributed by atoms with van der Waals surface area (Å²) in [5, 5.41) is 17.1. The van der Waals surface area contributed by atoms with E-state index in [4.69, 9.17) is 0 Å². The zero-order chi connectivity index (χ0) is 14.5. The molecule has 0 aliphatic carbocycles. The molecule has 0 aliphatic rings. The second-order valence-electron chi connectivity index (χ2n) is 4.33. The number of pyridine rings is 1. The van der Waals surface area contributed by atoms with Crippen LogP contribution in [0.5, 0.6) is 0 Å². The summed E-state index contributed by atoms with van der Waals surface area (Å²) in [6.07, 6.45) is 1.71. The van der Waals surface area contributed by atoms with Gasteiger partial charge in [0.15, 0.2) is 0 Å². The van der Waals surface area contributed by atoms with Crippen LogP contribution in [0, 0.1) is 17.0 Å². The normalized spacial score (nSPS) is 10.1. The molecule has 0 aliphatic heterocycles. The number of rotatable bonds is 5. The Bertz CT molecular complexity index is 628. The van der Waals surface area contributed by atoms with Gasteiger partial charge in [-0.05, 0) is 30.7 Å². The van der Waals surface area contributed by atoms with E-state index >= 15 is 0 Å². The van der Waals surface area contributed by atoms with Gasteiger partial charge in [0.25, 0.3) is 0 Å². The lowest BCUT2D eigenvalue weighted by molar-refractivity contribution is -0.383. The van der Waals surface area contributed by atoms with Gasteiger partial charge < -0.3 is 10.6 Å². The Labute approximate surface area is 117 Å². The fourth-order valence-corrected chi connectivity index (χ4v) is 1.97. The number of benzene rings is 1. The molecule has 0 amide bonds. The number of aryl methyl sites for hydroxylation is 1. The number of anilines is 2. The number of hydrogen-bond donors (Lipinski definition) is 2. The minimum absolute atomic E-state index is 0.0450. The van der Waals surface area contributed by atoms with Crippen molar-refractivity contribution in [3.8, 4) is 0 Å². The second kappa shape index (κ2) is 6.01. The van der Waals surface area contributed by atoms with Crippen LogP contribution in [0.25, 0.3) is 0 Å². The smallest absolute Gasteiger partial charge is 0.315 e. The number of hydrogen-bond acceptors (Lipinski definition) is 5. The summed E-state index contributed by atoms with van der Waals surface area (Å²) in [5.74, 6) is 0. The van der Waals surface area contributed by atoms with Crippen LogP contribution >= 0.6 is 0 Å². The number of nitro groups is 1. The standard InChI is InChI=1S/C14H16N4O2/c1-10-5-4-8-16-13(10)9-17-12-7-3-6-11(15-2)14(12)18(19)20/h3-8,15,17H,9H2,1-2H3. The summed E-state index contributed by atoms with van der Waals surface area (Å²) in [7, 11) is 1.66. The van der Waals surface area contributed by atoms with Crippen LogP contribution in [0.1, 0.15) is 11.3 Å². The molecule has 6 heteroatoms. The molecule has 2 aromatic rings. The zero-order valence-electron chi connectivity index (χ0n) is 11.4. The van der Waals surface area contributed by atoms with E-state index in [-0.39, 0.29) is 10.6 Å². The first-order valence-corrected chi connectivity index (χ1v) is 6.23. The van der Waals surface area contributed by atoms with E-state index < -0.39 is 0 Å². The first-order chi connectivity index (χ1) is 9.63. The third-order valence-corrected chi connectivity index (χ3v) is 3.05. The van der Waals surface area contributed by atoms with Gasteiger partial charge in [-0.25, -0.2) is 0 Å². The maximum absolute atomic E-state index is 11.2. The Morgan fingerprint density at radius 2 is 2.00 bits per heavy atom. The van der Waals surface area contributed by atoms with Crippen molar-refractivity contribution in [2.24, 2.45) is 0 Å². The van der Waals surface area contributed by atoms with Crippen LogP contribution in [-0.2, 0) is 6.54 Å². The molecule has 1 aromatic heterocycles. The maximum Gasteiger partial charge on any atom is 0.315 e. The summed E-state index contributed by atoms with van der Waals surface area (Å²) in [4.78, 5) is 15.1. The molecule has 0 radical (unpaired) electrons. The Morgan fingerprint density at radius 1 is 1.25 bits per heavy atom. The predicted octanol–water partition coefficient (Wildman–Crippen LogP) is 2.95. The molecule has 0 saturated carbocycles. The molecule has 6 nitrogen and oxygen atoms in total. The number of nitrogens with zero attached hydrogens (tertiary/aromatic N) is 2. The topological polar surface area (TPSA) is 80.1 Å². The van der Waals surface area contributed by atoms with Crippen LogP contribution in [-0.4, -0.2) is 17.0 Å². The van der Waals surface area contributed by atoms with Crippen molar-refractivity contribution in [1.82, 2.24) is 4.98 Å². The minimum atomic E-state index is -0.389. The Kier molecular flexibility index (Phi) is 4.14. The van der Waals surface area contributed by atoms with E-state index in [1.54, 1.807) is 31.4 Å². The monoisotopic (exact) mass is 272 g/mol. The second-order valence-corrected chi connectivity index (χ2v) is 4.33. The number of para-hydroxylation sites is 1. The fourth-order valence-electron chi connectivity index (χ4n) is 1.97. The predicted molar refractivity (Wildman–Crippen MR) is 78.9 cm³/mol. The summed E-state index contributed by atoms with van der Waals surface area (Å²) in [5.41, 5.74) is 2.93. The van der Waals surface area contributed by atoms with Gasteiger partial charge in [0, 0.05) is 13.2 Å². The third kappa shape index (κ3) is 2.85. The van der Waals surface area contributed by atoms with E-state index in [0.29, 0.717) is 17.9 Å². The van der Waals surface area contributed by atoms with Gasteiger partial charge in [0.05, 0.1) is 17.2 Å². The molecule has 0 saturated heterocycles. The van der Waals surface area contributed by atoms with Crippen molar-refractivity contribution < 1.29 is 4.92 Å². The summed E-state index contributed by atoms with van der Waals surface area (Å²) in [6, 6.07) is 8.96. The highest BCUT2D eigenvalue weighted by atomic mass is 16.6. The third-order valence-electron chi connectivity index (χ3n) is 3.05. The van der Waals surface area contributed by atoms with Crippen LogP contribution in [0.3, 0.4) is 0 Å². The van der Waals surface area contributed by atoms with Gasteiger partial charge in [0.1, 0.15) is 11.4 Å². The highest BCUT2D eigenvalue weighted by molar-refractivity contribution is 5.76. The largest absolute Gasteiger partial charge is 0.382 e. The summed E-state index contributed by atoms with van der Waals surface area (Å²) in [6.45, 7) is 2.41. The van der Waals surface area contributed by atoms with Gasteiger partial charge >= 0.3 is 5.69 Å². The molecule has 2 rings (SSSR count). The lowest BCUT2D eigenvalue weighted by Gasteiger charge is -2.10. The van der Waals surface area contributed by atoms with E-state index in [2.05, 4.69) is 15.6 Å². The maximum atomic E-state index is 11.2. The van der Waals surface area contributed by atoms with Crippen LogP contribution < -0.4 is 10.6 Å². The molecule has 1 aromatic carbocycles. The van der Waals surface area contributed by atoms with Gasteiger partial charge in [-0.2, -0.15) is 0 Å². The van der Waals surface area contributed by atoms with Gasteiger partial charge in [-0.15, -0.1) is 0 Å². The van der Waals surface area contributed by atoms with Crippen molar-refractivity contribution >= 4 is 17.1 Å². The van der Waals surface area contributed by atoms with Gasteiger partial charge in [-0.3, -0.25) is 15.1 Å². The Hall–Kier alpha value is -2.63. The SMILES string of the molecule is CNc1cccc(NCc2ncccc2C)c1[N+](=O)[O-]. The highest BCUT2D eigenvalue weighted by Gasteiger charge is 2.18. The van der Waals surface area contributed by atoms with E-state index in [1.165, 1.54) is 0 Å².